The van der Waals surface area contributed by atoms with Gasteiger partial charge in [0.25, 0.3) is 0 Å². The van der Waals surface area contributed by atoms with Gasteiger partial charge in [0.2, 0.25) is 0 Å². The third-order valence-electron chi connectivity index (χ3n) is 3.88. The first-order valence-corrected chi connectivity index (χ1v) is 6.87. The first-order chi connectivity index (χ1) is 9.16. The molecule has 1 fully saturated rings. The van der Waals surface area contributed by atoms with Crippen LogP contribution < -0.4 is 5.32 Å². The lowest BCUT2D eigenvalue weighted by atomic mass is 10.2. The second-order valence-corrected chi connectivity index (χ2v) is 5.35. The Hall–Kier alpha value is -1.68. The SMILES string of the molecule is Cc1nn(-c2ncccc2CNC2CC2)c(C)c1C. The lowest BCUT2D eigenvalue weighted by Crippen LogP contribution is -2.18. The van der Waals surface area contributed by atoms with Crippen molar-refractivity contribution < 1.29 is 0 Å². The van der Waals surface area contributed by atoms with E-state index in [4.69, 9.17) is 0 Å². The fourth-order valence-corrected chi connectivity index (χ4v) is 2.23. The highest BCUT2D eigenvalue weighted by Crippen LogP contribution is 2.21. The summed E-state index contributed by atoms with van der Waals surface area (Å²) in [6, 6.07) is 4.82. The standard InChI is InChI=1S/C15H20N4/c1-10-11(2)18-19(12(10)3)15-13(5-4-8-16-15)9-17-14-6-7-14/h4-5,8,14,17H,6-7,9H2,1-3H3. The molecule has 1 aliphatic rings. The molecule has 3 rings (SSSR count). The second kappa shape index (κ2) is 4.78. The van der Waals surface area contributed by atoms with Crippen LogP contribution in [-0.2, 0) is 6.54 Å². The number of pyridine rings is 1. The van der Waals surface area contributed by atoms with Crippen molar-refractivity contribution in [3.05, 3.63) is 40.8 Å². The van der Waals surface area contributed by atoms with E-state index in [0.29, 0.717) is 6.04 Å². The number of nitrogens with zero attached hydrogens (tertiary/aromatic N) is 3. The topological polar surface area (TPSA) is 42.7 Å². The Balaban J connectivity index is 1.96. The smallest absolute Gasteiger partial charge is 0.158 e. The summed E-state index contributed by atoms with van der Waals surface area (Å²) < 4.78 is 1.97. The van der Waals surface area contributed by atoms with Crippen LogP contribution in [0.5, 0.6) is 0 Å². The maximum atomic E-state index is 4.61. The van der Waals surface area contributed by atoms with Gasteiger partial charge < -0.3 is 5.32 Å². The van der Waals surface area contributed by atoms with E-state index in [1.165, 1.54) is 29.7 Å². The first-order valence-electron chi connectivity index (χ1n) is 6.87. The van der Waals surface area contributed by atoms with Crippen LogP contribution in [0.1, 0.15) is 35.4 Å². The van der Waals surface area contributed by atoms with Crippen LogP contribution >= 0.6 is 0 Å². The molecule has 100 valence electrons. The fourth-order valence-electron chi connectivity index (χ4n) is 2.23. The van der Waals surface area contributed by atoms with Gasteiger partial charge in [0, 0.05) is 30.0 Å². The van der Waals surface area contributed by atoms with E-state index in [2.05, 4.69) is 35.3 Å². The quantitative estimate of drug-likeness (QED) is 0.913. The minimum absolute atomic E-state index is 0.704. The zero-order valence-corrected chi connectivity index (χ0v) is 11.8. The Morgan fingerprint density at radius 3 is 2.74 bits per heavy atom. The van der Waals surface area contributed by atoms with Gasteiger partial charge in [-0.05, 0) is 45.2 Å². The summed E-state index contributed by atoms with van der Waals surface area (Å²) in [5.74, 6) is 0.948. The van der Waals surface area contributed by atoms with Crippen molar-refractivity contribution in [2.75, 3.05) is 0 Å². The molecule has 1 saturated carbocycles. The van der Waals surface area contributed by atoms with Crippen molar-refractivity contribution in [3.63, 3.8) is 0 Å². The number of nitrogens with one attached hydrogen (secondary N) is 1. The van der Waals surface area contributed by atoms with Crippen LogP contribution in [0.2, 0.25) is 0 Å². The molecule has 0 aliphatic heterocycles. The average molecular weight is 256 g/mol. The number of aromatic nitrogens is 3. The van der Waals surface area contributed by atoms with E-state index in [0.717, 1.165) is 18.1 Å². The predicted octanol–water partition coefficient (Wildman–Crippen LogP) is 2.44. The van der Waals surface area contributed by atoms with Crippen molar-refractivity contribution >= 4 is 0 Å². The molecule has 0 unspecified atom stereocenters. The predicted molar refractivity (Wildman–Crippen MR) is 75.4 cm³/mol. The van der Waals surface area contributed by atoms with Crippen LogP contribution in [0, 0.1) is 20.8 Å². The van der Waals surface area contributed by atoms with E-state index >= 15 is 0 Å². The molecule has 1 aliphatic carbocycles. The summed E-state index contributed by atoms with van der Waals surface area (Å²) in [6.45, 7) is 7.12. The lowest BCUT2D eigenvalue weighted by molar-refractivity contribution is 0.674. The van der Waals surface area contributed by atoms with Gasteiger partial charge >= 0.3 is 0 Å². The van der Waals surface area contributed by atoms with Crippen molar-refractivity contribution in [2.24, 2.45) is 0 Å². The normalized spacial score (nSPS) is 14.9. The average Bonchev–Trinajstić information content (AvgIpc) is 3.21. The van der Waals surface area contributed by atoms with Crippen molar-refractivity contribution in [2.45, 2.75) is 46.2 Å². The molecule has 19 heavy (non-hydrogen) atoms. The number of hydrogen-bond acceptors (Lipinski definition) is 3. The summed E-state index contributed by atoms with van der Waals surface area (Å²) in [5.41, 5.74) is 4.69. The van der Waals surface area contributed by atoms with E-state index in [9.17, 15) is 0 Å². The fraction of sp³-hybridized carbons (Fsp3) is 0.467. The van der Waals surface area contributed by atoms with Crippen LogP contribution in [-0.4, -0.2) is 20.8 Å². The zero-order chi connectivity index (χ0) is 13.4. The third-order valence-corrected chi connectivity index (χ3v) is 3.88. The van der Waals surface area contributed by atoms with Gasteiger partial charge in [-0.25, -0.2) is 9.67 Å². The third kappa shape index (κ3) is 2.40. The largest absolute Gasteiger partial charge is 0.310 e. The van der Waals surface area contributed by atoms with Gasteiger partial charge in [0.1, 0.15) is 0 Å². The Labute approximate surface area is 113 Å². The molecule has 2 aromatic heterocycles. The Bertz CT molecular complexity index is 596. The maximum absolute atomic E-state index is 4.61. The number of hydrogen-bond donors (Lipinski definition) is 1. The Morgan fingerprint density at radius 1 is 1.32 bits per heavy atom. The molecule has 0 bridgehead atoms. The molecule has 4 nitrogen and oxygen atoms in total. The van der Waals surface area contributed by atoms with Crippen LogP contribution in [0.4, 0.5) is 0 Å². The van der Waals surface area contributed by atoms with Crippen LogP contribution in [0.25, 0.3) is 5.82 Å². The Morgan fingerprint density at radius 2 is 2.11 bits per heavy atom. The molecule has 0 atom stereocenters. The summed E-state index contributed by atoms with van der Waals surface area (Å²) in [6.07, 6.45) is 4.44. The van der Waals surface area contributed by atoms with Crippen molar-refractivity contribution in [3.8, 4) is 5.82 Å². The highest BCUT2D eigenvalue weighted by molar-refractivity contribution is 5.37. The molecule has 0 aromatic carbocycles. The van der Waals surface area contributed by atoms with Crippen LogP contribution in [0.15, 0.2) is 18.3 Å². The van der Waals surface area contributed by atoms with E-state index in [-0.39, 0.29) is 0 Å². The summed E-state index contributed by atoms with van der Waals surface area (Å²) in [4.78, 5) is 4.52. The number of rotatable bonds is 4. The summed E-state index contributed by atoms with van der Waals surface area (Å²) in [5, 5.41) is 8.15. The molecule has 2 heterocycles. The first kappa shape index (κ1) is 12.4. The number of aryl methyl sites for hydroxylation is 1. The van der Waals surface area contributed by atoms with Crippen molar-refractivity contribution in [1.82, 2.24) is 20.1 Å². The molecule has 0 amide bonds. The zero-order valence-electron chi connectivity index (χ0n) is 11.8. The van der Waals surface area contributed by atoms with Gasteiger partial charge in [-0.2, -0.15) is 5.10 Å². The molecule has 0 radical (unpaired) electrons. The monoisotopic (exact) mass is 256 g/mol. The van der Waals surface area contributed by atoms with E-state index in [1.54, 1.807) is 0 Å². The van der Waals surface area contributed by atoms with Crippen LogP contribution in [0.3, 0.4) is 0 Å². The molecular formula is C15H20N4. The summed E-state index contributed by atoms with van der Waals surface area (Å²) >= 11 is 0. The molecule has 0 saturated heterocycles. The Kier molecular flexibility index (Phi) is 3.11. The van der Waals surface area contributed by atoms with Crippen molar-refractivity contribution in [1.29, 1.82) is 0 Å². The molecule has 4 heteroatoms. The minimum Gasteiger partial charge on any atom is -0.310 e. The van der Waals surface area contributed by atoms with Gasteiger partial charge in [0.15, 0.2) is 5.82 Å². The molecular weight excluding hydrogens is 236 g/mol. The van der Waals surface area contributed by atoms with E-state index in [1.807, 2.05) is 23.9 Å². The van der Waals surface area contributed by atoms with Gasteiger partial charge in [0.05, 0.1) is 5.69 Å². The van der Waals surface area contributed by atoms with Gasteiger partial charge in [-0.3, -0.25) is 0 Å². The summed E-state index contributed by atoms with van der Waals surface area (Å²) in [7, 11) is 0. The highest BCUT2D eigenvalue weighted by Gasteiger charge is 2.21. The van der Waals surface area contributed by atoms with Gasteiger partial charge in [-0.1, -0.05) is 6.07 Å². The maximum Gasteiger partial charge on any atom is 0.158 e. The second-order valence-electron chi connectivity index (χ2n) is 5.35. The highest BCUT2D eigenvalue weighted by atomic mass is 15.3. The molecule has 0 spiro atoms. The van der Waals surface area contributed by atoms with Gasteiger partial charge in [-0.15, -0.1) is 0 Å². The van der Waals surface area contributed by atoms with E-state index < -0.39 is 0 Å². The molecule has 1 N–H and O–H groups in total. The minimum atomic E-state index is 0.704. The molecule has 2 aromatic rings. The lowest BCUT2D eigenvalue weighted by Gasteiger charge is -2.10.